The predicted octanol–water partition coefficient (Wildman–Crippen LogP) is 1.53. The second kappa shape index (κ2) is 5.09. The van der Waals surface area contributed by atoms with Gasteiger partial charge < -0.3 is 15.0 Å². The van der Waals surface area contributed by atoms with Crippen LogP contribution in [0.1, 0.15) is 12.5 Å². The molecule has 86 valence electrons. The van der Waals surface area contributed by atoms with Gasteiger partial charge in [0.2, 0.25) is 0 Å². The van der Waals surface area contributed by atoms with E-state index in [-0.39, 0.29) is 0 Å². The lowest BCUT2D eigenvalue weighted by atomic mass is 10.2. The molecule has 0 aliphatic heterocycles. The Bertz CT molecular complexity index is 464. The van der Waals surface area contributed by atoms with Gasteiger partial charge in [0.1, 0.15) is 5.65 Å². The molecule has 0 radical (unpaired) electrons. The average Bonchev–Trinajstić information content (AvgIpc) is 2.68. The van der Waals surface area contributed by atoms with Crippen molar-refractivity contribution >= 4 is 11.0 Å². The molecular weight excluding hydrogens is 202 g/mol. The van der Waals surface area contributed by atoms with Crippen LogP contribution in [0.5, 0.6) is 0 Å². The van der Waals surface area contributed by atoms with Crippen molar-refractivity contribution in [3.05, 3.63) is 30.1 Å². The van der Waals surface area contributed by atoms with Crippen molar-refractivity contribution in [2.45, 2.75) is 20.0 Å². The lowest BCUT2D eigenvalue weighted by molar-refractivity contribution is 0.140. The van der Waals surface area contributed by atoms with Crippen molar-refractivity contribution in [3.8, 4) is 0 Å². The Balaban J connectivity index is 2.30. The molecule has 0 aliphatic rings. The largest absolute Gasteiger partial charge is 0.380 e. The monoisotopic (exact) mass is 219 g/mol. The first-order chi connectivity index (χ1) is 7.86. The molecule has 2 N–H and O–H groups in total. The number of hydrogen-bond acceptors (Lipinski definition) is 3. The van der Waals surface area contributed by atoms with E-state index in [9.17, 15) is 0 Å². The number of nitrogens with two attached hydrogens (primary N) is 1. The Hall–Kier alpha value is -1.39. The van der Waals surface area contributed by atoms with Gasteiger partial charge in [-0.05, 0) is 24.6 Å². The van der Waals surface area contributed by atoms with E-state index in [0.29, 0.717) is 13.2 Å². The molecule has 2 aromatic rings. The minimum atomic E-state index is 0.545. The van der Waals surface area contributed by atoms with E-state index in [1.54, 1.807) is 6.20 Å². The highest BCUT2D eigenvalue weighted by atomic mass is 16.5. The molecule has 0 bridgehead atoms. The second-order valence-corrected chi connectivity index (χ2v) is 3.62. The summed E-state index contributed by atoms with van der Waals surface area (Å²) in [6.07, 6.45) is 3.87. The molecule has 0 spiro atoms. The molecule has 0 atom stereocenters. The summed E-state index contributed by atoms with van der Waals surface area (Å²) in [6.45, 7) is 4.82. The molecule has 0 aliphatic carbocycles. The van der Waals surface area contributed by atoms with Crippen LogP contribution in [-0.4, -0.2) is 22.8 Å². The van der Waals surface area contributed by atoms with Crippen LogP contribution in [0.3, 0.4) is 0 Å². The molecule has 2 rings (SSSR count). The molecule has 0 amide bonds. The molecule has 0 unspecified atom stereocenters. The summed E-state index contributed by atoms with van der Waals surface area (Å²) in [6, 6.07) is 4.00. The number of nitrogens with zero attached hydrogens (tertiary/aromatic N) is 2. The molecule has 0 saturated carbocycles. The van der Waals surface area contributed by atoms with Crippen molar-refractivity contribution < 1.29 is 4.74 Å². The smallest absolute Gasteiger partial charge is 0.140 e. The zero-order valence-corrected chi connectivity index (χ0v) is 9.52. The van der Waals surface area contributed by atoms with Crippen LogP contribution in [0.25, 0.3) is 11.0 Å². The van der Waals surface area contributed by atoms with Gasteiger partial charge >= 0.3 is 0 Å². The van der Waals surface area contributed by atoms with E-state index in [2.05, 4.69) is 21.8 Å². The summed E-state index contributed by atoms with van der Waals surface area (Å²) in [7, 11) is 0. The lowest BCUT2D eigenvalue weighted by Crippen LogP contribution is -2.05. The normalized spacial score (nSPS) is 11.1. The summed E-state index contributed by atoms with van der Waals surface area (Å²) >= 11 is 0. The minimum absolute atomic E-state index is 0.545. The maximum absolute atomic E-state index is 5.71. The highest BCUT2D eigenvalue weighted by molar-refractivity contribution is 5.80. The highest BCUT2D eigenvalue weighted by Gasteiger charge is 2.07. The van der Waals surface area contributed by atoms with Crippen molar-refractivity contribution in [3.63, 3.8) is 0 Å². The quantitative estimate of drug-likeness (QED) is 0.776. The number of rotatable bonds is 5. The molecule has 2 heterocycles. The summed E-state index contributed by atoms with van der Waals surface area (Å²) in [5.41, 5.74) is 7.84. The SMILES string of the molecule is CCOCCn1cc(CN)c2cccnc21. The van der Waals surface area contributed by atoms with Crippen molar-refractivity contribution in [2.75, 3.05) is 13.2 Å². The fourth-order valence-corrected chi connectivity index (χ4v) is 1.84. The number of ether oxygens (including phenoxy) is 1. The first kappa shape index (κ1) is 11.1. The second-order valence-electron chi connectivity index (χ2n) is 3.62. The van der Waals surface area contributed by atoms with Gasteiger partial charge in [0.05, 0.1) is 6.61 Å². The van der Waals surface area contributed by atoms with Crippen LogP contribution < -0.4 is 5.73 Å². The van der Waals surface area contributed by atoms with E-state index in [0.717, 1.165) is 29.7 Å². The molecule has 2 aromatic heterocycles. The third-order valence-corrected chi connectivity index (χ3v) is 2.62. The first-order valence-corrected chi connectivity index (χ1v) is 5.57. The molecule has 0 saturated heterocycles. The van der Waals surface area contributed by atoms with Gasteiger partial charge in [0.15, 0.2) is 0 Å². The molecule has 4 heteroatoms. The van der Waals surface area contributed by atoms with Crippen LogP contribution in [0, 0.1) is 0 Å². The Labute approximate surface area is 95.0 Å². The Morgan fingerprint density at radius 3 is 3.12 bits per heavy atom. The Morgan fingerprint density at radius 1 is 1.50 bits per heavy atom. The molecule has 16 heavy (non-hydrogen) atoms. The van der Waals surface area contributed by atoms with E-state index in [1.165, 1.54) is 0 Å². The van der Waals surface area contributed by atoms with Gasteiger partial charge in [-0.1, -0.05) is 0 Å². The highest BCUT2D eigenvalue weighted by Crippen LogP contribution is 2.18. The van der Waals surface area contributed by atoms with Gasteiger partial charge in [-0.15, -0.1) is 0 Å². The van der Waals surface area contributed by atoms with Gasteiger partial charge in [0, 0.05) is 37.5 Å². The first-order valence-electron chi connectivity index (χ1n) is 5.57. The Morgan fingerprint density at radius 2 is 2.38 bits per heavy atom. The fraction of sp³-hybridized carbons (Fsp3) is 0.417. The summed E-state index contributed by atoms with van der Waals surface area (Å²) in [4.78, 5) is 4.38. The average molecular weight is 219 g/mol. The van der Waals surface area contributed by atoms with Crippen molar-refractivity contribution in [2.24, 2.45) is 5.73 Å². The van der Waals surface area contributed by atoms with Gasteiger partial charge in [-0.3, -0.25) is 0 Å². The van der Waals surface area contributed by atoms with Crippen LogP contribution in [0.15, 0.2) is 24.5 Å². The van der Waals surface area contributed by atoms with Gasteiger partial charge in [0.25, 0.3) is 0 Å². The number of aromatic nitrogens is 2. The predicted molar refractivity (Wildman–Crippen MR) is 64.1 cm³/mol. The Kier molecular flexibility index (Phi) is 3.54. The van der Waals surface area contributed by atoms with Crippen LogP contribution in [-0.2, 0) is 17.8 Å². The van der Waals surface area contributed by atoms with E-state index >= 15 is 0 Å². The maximum atomic E-state index is 5.71. The van der Waals surface area contributed by atoms with E-state index in [1.807, 2.05) is 13.0 Å². The van der Waals surface area contributed by atoms with E-state index in [4.69, 9.17) is 10.5 Å². The molecular formula is C12H17N3O. The van der Waals surface area contributed by atoms with Gasteiger partial charge in [-0.2, -0.15) is 0 Å². The fourth-order valence-electron chi connectivity index (χ4n) is 1.84. The number of fused-ring (bicyclic) bond motifs is 1. The zero-order chi connectivity index (χ0) is 11.4. The van der Waals surface area contributed by atoms with Crippen LogP contribution >= 0.6 is 0 Å². The number of pyridine rings is 1. The molecule has 4 nitrogen and oxygen atoms in total. The third kappa shape index (κ3) is 2.08. The lowest BCUT2D eigenvalue weighted by Gasteiger charge is -2.03. The maximum Gasteiger partial charge on any atom is 0.140 e. The summed E-state index contributed by atoms with van der Waals surface area (Å²) < 4.78 is 7.45. The standard InChI is InChI=1S/C12H17N3O/c1-2-16-7-6-15-9-10(8-13)11-4-3-5-14-12(11)15/h3-5,9H,2,6-8,13H2,1H3. The summed E-state index contributed by atoms with van der Waals surface area (Å²) in [5, 5.41) is 1.14. The zero-order valence-electron chi connectivity index (χ0n) is 9.52. The van der Waals surface area contributed by atoms with Crippen LogP contribution in [0.2, 0.25) is 0 Å². The summed E-state index contributed by atoms with van der Waals surface area (Å²) in [5.74, 6) is 0. The van der Waals surface area contributed by atoms with Crippen LogP contribution in [0.4, 0.5) is 0 Å². The topological polar surface area (TPSA) is 53.1 Å². The van der Waals surface area contributed by atoms with Crippen molar-refractivity contribution in [1.29, 1.82) is 0 Å². The molecule has 0 aromatic carbocycles. The number of hydrogen-bond donors (Lipinski definition) is 1. The van der Waals surface area contributed by atoms with Gasteiger partial charge in [-0.25, -0.2) is 4.98 Å². The van der Waals surface area contributed by atoms with E-state index < -0.39 is 0 Å². The minimum Gasteiger partial charge on any atom is -0.380 e. The molecule has 0 fully saturated rings. The third-order valence-electron chi connectivity index (χ3n) is 2.62. The van der Waals surface area contributed by atoms with Crippen molar-refractivity contribution in [1.82, 2.24) is 9.55 Å².